The topological polar surface area (TPSA) is 74.3 Å². The number of aromatic amines is 1. The van der Waals surface area contributed by atoms with E-state index in [1.165, 1.54) is 0 Å². The van der Waals surface area contributed by atoms with E-state index >= 15 is 0 Å². The smallest absolute Gasteiger partial charge is 0.341 e. The molecular weight excluding hydrogens is 256 g/mol. The molecule has 1 unspecified atom stereocenters. The highest BCUT2D eigenvalue weighted by Crippen LogP contribution is 2.33. The van der Waals surface area contributed by atoms with E-state index < -0.39 is 12.1 Å². The summed E-state index contributed by atoms with van der Waals surface area (Å²) in [6, 6.07) is 7.68. The van der Waals surface area contributed by atoms with Crippen LogP contribution in [0.1, 0.15) is 24.3 Å². The number of esters is 1. The third-order valence-electron chi connectivity index (χ3n) is 3.40. The number of carbonyl (C=O) groups excluding carboxylic acids is 1. The van der Waals surface area contributed by atoms with Crippen LogP contribution in [0.5, 0.6) is 0 Å². The molecule has 2 heterocycles. The van der Waals surface area contributed by atoms with Crippen LogP contribution >= 0.6 is 0 Å². The Labute approximate surface area is 116 Å². The van der Waals surface area contributed by atoms with Gasteiger partial charge in [0, 0.05) is 29.2 Å². The molecule has 0 bridgehead atoms. The molecule has 3 N–H and O–H groups in total. The van der Waals surface area contributed by atoms with Crippen molar-refractivity contribution in [2.24, 2.45) is 0 Å². The molecule has 3 rings (SSSR count). The molecule has 5 heteroatoms. The van der Waals surface area contributed by atoms with Crippen LogP contribution in [0.2, 0.25) is 0 Å². The Hall–Kier alpha value is -2.27. The molecule has 1 aliphatic rings. The van der Waals surface area contributed by atoms with Crippen molar-refractivity contribution < 1.29 is 14.6 Å². The number of hydrogen-bond donors (Lipinski definition) is 3. The first kappa shape index (κ1) is 12.7. The van der Waals surface area contributed by atoms with E-state index in [-0.39, 0.29) is 0 Å². The quantitative estimate of drug-likeness (QED) is 0.728. The highest BCUT2D eigenvalue weighted by Gasteiger charge is 2.27. The lowest BCUT2D eigenvalue weighted by atomic mass is 10.0. The van der Waals surface area contributed by atoms with Gasteiger partial charge in [-0.1, -0.05) is 18.2 Å². The fourth-order valence-corrected chi connectivity index (χ4v) is 2.54. The molecule has 0 spiro atoms. The fraction of sp³-hybridized carbons (Fsp3) is 0.267. The minimum atomic E-state index is -0.677. The summed E-state index contributed by atoms with van der Waals surface area (Å²) in [6.07, 6.45) is 0.923. The van der Waals surface area contributed by atoms with E-state index in [0.29, 0.717) is 24.4 Å². The van der Waals surface area contributed by atoms with Crippen LogP contribution in [-0.4, -0.2) is 29.2 Å². The molecule has 1 aromatic heterocycles. The van der Waals surface area contributed by atoms with Crippen molar-refractivity contribution in [2.45, 2.75) is 13.0 Å². The third kappa shape index (κ3) is 1.96. The number of rotatable bonds is 2. The van der Waals surface area contributed by atoms with Crippen molar-refractivity contribution in [3.63, 3.8) is 0 Å². The summed E-state index contributed by atoms with van der Waals surface area (Å²) in [5.41, 5.74) is 2.68. The van der Waals surface area contributed by atoms with Gasteiger partial charge in [0.25, 0.3) is 0 Å². The number of ether oxygens (including phenoxy) is 1. The first-order chi connectivity index (χ1) is 9.72. The zero-order chi connectivity index (χ0) is 14.1. The van der Waals surface area contributed by atoms with Gasteiger partial charge in [0.1, 0.15) is 0 Å². The van der Waals surface area contributed by atoms with Gasteiger partial charge >= 0.3 is 5.97 Å². The lowest BCUT2D eigenvalue weighted by Crippen LogP contribution is -2.14. The first-order valence-corrected chi connectivity index (χ1v) is 6.62. The van der Waals surface area contributed by atoms with Gasteiger partial charge in [-0.3, -0.25) is 0 Å². The largest absolute Gasteiger partial charge is 0.462 e. The molecule has 2 aromatic rings. The zero-order valence-electron chi connectivity index (χ0n) is 11.1. The van der Waals surface area contributed by atoms with Crippen molar-refractivity contribution in [3.05, 3.63) is 41.7 Å². The van der Waals surface area contributed by atoms with Gasteiger partial charge in [-0.15, -0.1) is 0 Å². The van der Waals surface area contributed by atoms with Gasteiger partial charge in [-0.25, -0.2) is 4.79 Å². The van der Waals surface area contributed by atoms with Gasteiger partial charge < -0.3 is 20.1 Å². The van der Waals surface area contributed by atoms with E-state index in [1.807, 2.05) is 24.3 Å². The van der Waals surface area contributed by atoms with Crippen LogP contribution in [0.15, 0.2) is 30.5 Å². The molecule has 0 saturated carbocycles. The number of aliphatic hydroxyl groups is 1. The van der Waals surface area contributed by atoms with Crippen LogP contribution in [0.3, 0.4) is 0 Å². The average Bonchev–Trinajstić information content (AvgIpc) is 2.74. The lowest BCUT2D eigenvalue weighted by molar-refractivity contribution is -0.136. The molecule has 1 atom stereocenters. The van der Waals surface area contributed by atoms with Gasteiger partial charge in [0.05, 0.1) is 24.0 Å². The highest BCUT2D eigenvalue weighted by molar-refractivity contribution is 6.17. The SMILES string of the molecule is CCOC(=O)C1=CNCC(O)c2c1[nH]c1ccccc21. The van der Waals surface area contributed by atoms with E-state index in [1.54, 1.807) is 13.1 Å². The number of hydrogen-bond acceptors (Lipinski definition) is 4. The Morgan fingerprint density at radius 2 is 2.25 bits per heavy atom. The number of β-amino-alcohol motifs (C(OH)–C–C–N with tert-alkyl or cyclic N) is 1. The molecule has 0 saturated heterocycles. The minimum absolute atomic E-state index is 0.314. The Bertz CT molecular complexity index is 687. The summed E-state index contributed by atoms with van der Waals surface area (Å²) < 4.78 is 5.08. The summed E-state index contributed by atoms with van der Waals surface area (Å²) in [4.78, 5) is 15.3. The molecule has 5 nitrogen and oxygen atoms in total. The van der Waals surface area contributed by atoms with Crippen LogP contribution < -0.4 is 5.32 Å². The lowest BCUT2D eigenvalue weighted by Gasteiger charge is -2.09. The average molecular weight is 272 g/mol. The van der Waals surface area contributed by atoms with Crippen molar-refractivity contribution in [1.82, 2.24) is 10.3 Å². The standard InChI is InChI=1S/C15H16N2O3/c1-2-20-15(19)10-7-16-8-12(18)13-9-5-3-4-6-11(9)17-14(10)13/h3-7,12,16-18H,2,8H2,1H3. The maximum Gasteiger partial charge on any atom is 0.341 e. The second-order valence-corrected chi connectivity index (χ2v) is 4.66. The van der Waals surface area contributed by atoms with Crippen LogP contribution in [-0.2, 0) is 9.53 Å². The Morgan fingerprint density at radius 3 is 3.05 bits per heavy atom. The minimum Gasteiger partial charge on any atom is -0.462 e. The van der Waals surface area contributed by atoms with Crippen molar-refractivity contribution in [2.75, 3.05) is 13.2 Å². The Morgan fingerprint density at radius 1 is 1.45 bits per heavy atom. The number of aromatic nitrogens is 1. The number of para-hydroxylation sites is 1. The maximum atomic E-state index is 12.1. The van der Waals surface area contributed by atoms with E-state index in [9.17, 15) is 9.90 Å². The summed E-state index contributed by atoms with van der Waals surface area (Å²) in [5, 5.41) is 14.2. The summed E-state index contributed by atoms with van der Waals surface area (Å²) in [6.45, 7) is 2.44. The van der Waals surface area contributed by atoms with Gasteiger partial charge in [0.15, 0.2) is 0 Å². The van der Waals surface area contributed by atoms with Gasteiger partial charge in [0.2, 0.25) is 0 Å². The summed E-state index contributed by atoms with van der Waals surface area (Å²) >= 11 is 0. The second kappa shape index (κ2) is 5.02. The number of nitrogens with one attached hydrogen (secondary N) is 2. The highest BCUT2D eigenvalue weighted by atomic mass is 16.5. The summed E-state index contributed by atoms with van der Waals surface area (Å²) in [5.74, 6) is -0.401. The van der Waals surface area contributed by atoms with E-state index in [2.05, 4.69) is 10.3 Å². The van der Waals surface area contributed by atoms with Crippen molar-refractivity contribution in [1.29, 1.82) is 0 Å². The van der Waals surface area contributed by atoms with Crippen LogP contribution in [0, 0.1) is 0 Å². The Balaban J connectivity index is 2.20. The van der Waals surface area contributed by atoms with Crippen LogP contribution in [0.4, 0.5) is 0 Å². The predicted octanol–water partition coefficient (Wildman–Crippen LogP) is 1.71. The molecular formula is C15H16N2O3. The molecule has 0 aliphatic carbocycles. The van der Waals surface area contributed by atoms with E-state index in [0.717, 1.165) is 16.5 Å². The van der Waals surface area contributed by atoms with Gasteiger partial charge in [-0.05, 0) is 13.0 Å². The number of benzene rings is 1. The van der Waals surface area contributed by atoms with Crippen molar-refractivity contribution >= 4 is 22.4 Å². The van der Waals surface area contributed by atoms with E-state index in [4.69, 9.17) is 4.74 Å². The zero-order valence-corrected chi connectivity index (χ0v) is 11.1. The number of aliphatic hydroxyl groups excluding tert-OH is 1. The van der Waals surface area contributed by atoms with Crippen LogP contribution in [0.25, 0.3) is 16.5 Å². The number of fused-ring (bicyclic) bond motifs is 3. The molecule has 20 heavy (non-hydrogen) atoms. The number of carbonyl (C=O) groups is 1. The van der Waals surface area contributed by atoms with Gasteiger partial charge in [-0.2, -0.15) is 0 Å². The Kier molecular flexibility index (Phi) is 3.20. The normalized spacial score (nSPS) is 17.9. The molecule has 104 valence electrons. The predicted molar refractivity (Wildman–Crippen MR) is 75.9 cm³/mol. The molecule has 0 amide bonds. The number of H-pyrrole nitrogens is 1. The molecule has 1 aromatic carbocycles. The molecule has 0 radical (unpaired) electrons. The van der Waals surface area contributed by atoms with Crippen molar-refractivity contribution in [3.8, 4) is 0 Å². The summed E-state index contributed by atoms with van der Waals surface area (Å²) in [7, 11) is 0. The fourth-order valence-electron chi connectivity index (χ4n) is 2.54. The first-order valence-electron chi connectivity index (χ1n) is 6.62. The molecule has 1 aliphatic heterocycles. The monoisotopic (exact) mass is 272 g/mol. The maximum absolute atomic E-state index is 12.1. The third-order valence-corrected chi connectivity index (χ3v) is 3.40. The molecule has 0 fully saturated rings. The second-order valence-electron chi connectivity index (χ2n) is 4.66.